The van der Waals surface area contributed by atoms with E-state index in [0.717, 1.165) is 22.9 Å². The molecule has 0 N–H and O–H groups in total. The summed E-state index contributed by atoms with van der Waals surface area (Å²) in [4.78, 5) is 40.6. The molecule has 0 saturated heterocycles. The summed E-state index contributed by atoms with van der Waals surface area (Å²) in [6.45, 7) is 1.46. The highest BCUT2D eigenvalue weighted by molar-refractivity contribution is 7.69. The fraction of sp³-hybridized carbons (Fsp3) is 0.241. The van der Waals surface area contributed by atoms with Gasteiger partial charge < -0.3 is 9.47 Å². The average Bonchev–Trinajstić information content (AvgIpc) is 3.32. The third kappa shape index (κ3) is 7.61. The van der Waals surface area contributed by atoms with E-state index in [1.54, 1.807) is 36.5 Å². The molecule has 226 valence electrons. The second kappa shape index (κ2) is 13.8. The van der Waals surface area contributed by atoms with Crippen LogP contribution in [0.25, 0.3) is 22.2 Å². The van der Waals surface area contributed by atoms with Gasteiger partial charge in [0.1, 0.15) is 17.3 Å². The average molecular weight is 634 g/mol. The Morgan fingerprint density at radius 3 is 2.35 bits per heavy atom. The number of carbonyl (C=O) groups is 3. The minimum Gasteiger partial charge on any atom is -0.449 e. The molecule has 4 aromatic rings. The van der Waals surface area contributed by atoms with Gasteiger partial charge in [-0.15, -0.1) is 0 Å². The number of aromatic nitrogens is 2. The van der Waals surface area contributed by atoms with Gasteiger partial charge in [-0.3, -0.25) is 19.0 Å². The fourth-order valence-corrected chi connectivity index (χ4v) is 4.94. The predicted octanol–water partition coefficient (Wildman–Crippen LogP) is 4.67. The third-order valence-corrected chi connectivity index (χ3v) is 7.48. The third-order valence-electron chi connectivity index (χ3n) is 6.45. The molecule has 2 aromatic heterocycles. The Morgan fingerprint density at radius 1 is 1.00 bits per heavy atom. The van der Waals surface area contributed by atoms with E-state index in [2.05, 4.69) is 4.98 Å². The van der Waals surface area contributed by atoms with Crippen LogP contribution in [-0.4, -0.2) is 53.3 Å². The van der Waals surface area contributed by atoms with Crippen LogP contribution >= 0.6 is 11.6 Å². The van der Waals surface area contributed by atoms with Crippen LogP contribution < -0.4 is 0 Å². The van der Waals surface area contributed by atoms with Gasteiger partial charge in [-0.1, -0.05) is 29.8 Å². The maximum Gasteiger partial charge on any atom is 0.304 e. The first-order valence-corrected chi connectivity index (χ1v) is 14.4. The molecule has 14 heteroatoms. The van der Waals surface area contributed by atoms with Crippen LogP contribution in [0.1, 0.15) is 41.8 Å². The number of benzene rings is 2. The molecule has 2 heterocycles. The Kier molecular flexibility index (Phi) is 10.2. The van der Waals surface area contributed by atoms with Gasteiger partial charge in [0, 0.05) is 48.8 Å². The smallest absolute Gasteiger partial charge is 0.304 e. The lowest BCUT2D eigenvalue weighted by Gasteiger charge is -2.15. The largest absolute Gasteiger partial charge is 0.449 e. The maximum absolute atomic E-state index is 15.7. The van der Waals surface area contributed by atoms with Gasteiger partial charge in [0.25, 0.3) is 0 Å². The first-order valence-electron chi connectivity index (χ1n) is 12.9. The molecule has 4 rings (SSSR count). The van der Waals surface area contributed by atoms with E-state index in [9.17, 15) is 22.8 Å². The number of esters is 2. The lowest BCUT2D eigenvalue weighted by molar-refractivity contribution is -0.145. The van der Waals surface area contributed by atoms with Crippen LogP contribution in [0, 0.1) is 11.6 Å². The second-order valence-corrected chi connectivity index (χ2v) is 10.9. The van der Waals surface area contributed by atoms with E-state index in [4.69, 9.17) is 21.1 Å². The number of hydrogen-bond donors (Lipinski definition) is 1. The zero-order valence-corrected chi connectivity index (χ0v) is 24.7. The van der Waals surface area contributed by atoms with Gasteiger partial charge in [-0.05, 0) is 48.2 Å². The lowest BCUT2D eigenvalue weighted by Crippen LogP contribution is -2.27. The number of fused-ring (bicyclic) bond motifs is 1. The molecule has 0 bridgehead atoms. The summed E-state index contributed by atoms with van der Waals surface area (Å²) in [5.74, 6) is -4.39. The minimum atomic E-state index is -3.08. The highest BCUT2D eigenvalue weighted by Gasteiger charge is 2.26. The number of halogens is 3. The van der Waals surface area contributed by atoms with E-state index < -0.39 is 52.5 Å². The number of rotatable bonds is 12. The van der Waals surface area contributed by atoms with E-state index in [0.29, 0.717) is 10.6 Å². The number of pyridine rings is 1. The molecule has 0 saturated carbocycles. The van der Waals surface area contributed by atoms with Crippen molar-refractivity contribution in [1.29, 1.82) is 0 Å². The molecule has 0 atom stereocenters. The van der Waals surface area contributed by atoms with Crippen LogP contribution in [0.2, 0.25) is 5.02 Å². The summed E-state index contributed by atoms with van der Waals surface area (Å²) in [5.41, 5.74) is 0.699. The molecule has 0 aliphatic rings. The van der Waals surface area contributed by atoms with Crippen molar-refractivity contribution < 1.29 is 41.1 Å². The van der Waals surface area contributed by atoms with Crippen molar-refractivity contribution in [2.24, 2.45) is 0 Å². The molecule has 0 amide bonds. The molecular weight excluding hydrogens is 608 g/mol. The van der Waals surface area contributed by atoms with Gasteiger partial charge in [0.15, 0.2) is 13.5 Å². The Morgan fingerprint density at radius 2 is 1.70 bits per heavy atom. The van der Waals surface area contributed by atoms with Gasteiger partial charge in [-0.2, -0.15) is 4.31 Å². The Bertz CT molecular complexity index is 1770. The van der Waals surface area contributed by atoms with E-state index >= 15 is 8.78 Å². The molecule has 43 heavy (non-hydrogen) atoms. The number of aryl methyl sites for hydroxylation is 1. The Labute approximate surface area is 251 Å². The number of carbonyl (C=O) groups excluding carboxylic acids is 3. The summed E-state index contributed by atoms with van der Waals surface area (Å²) >= 11 is 6.00. The van der Waals surface area contributed by atoms with Crippen LogP contribution in [-0.2, 0) is 43.1 Å². The molecular formula is C29H26ClF2N3O7S. The lowest BCUT2D eigenvalue weighted by atomic mass is 9.97. The molecule has 0 aliphatic carbocycles. The van der Waals surface area contributed by atoms with Crippen molar-refractivity contribution in [3.63, 3.8) is 0 Å². The van der Waals surface area contributed by atoms with Crippen molar-refractivity contribution in [3.05, 3.63) is 88.2 Å². The Hall–Kier alpha value is -4.20. The molecule has 0 radical (unpaired) electrons. The van der Waals surface area contributed by atoms with Crippen LogP contribution in [0.5, 0.6) is 0 Å². The van der Waals surface area contributed by atoms with Crippen LogP contribution in [0.15, 0.2) is 54.9 Å². The summed E-state index contributed by atoms with van der Waals surface area (Å²) in [5, 5.41) is 0.792. The number of thiol groups is 1. The van der Waals surface area contributed by atoms with Crippen molar-refractivity contribution >= 4 is 51.2 Å². The maximum atomic E-state index is 15.7. The number of ketones is 1. The first-order chi connectivity index (χ1) is 20.5. The summed E-state index contributed by atoms with van der Waals surface area (Å²) in [6.07, 6.45) is 2.92. The molecule has 0 fully saturated rings. The van der Waals surface area contributed by atoms with Crippen molar-refractivity contribution in [2.45, 2.75) is 33.4 Å². The highest BCUT2D eigenvalue weighted by Crippen LogP contribution is 2.30. The first kappa shape index (κ1) is 31.7. The molecule has 2 aromatic carbocycles. The summed E-state index contributed by atoms with van der Waals surface area (Å²) in [6, 6.07) is 10.7. The minimum absolute atomic E-state index is 0.0121. The van der Waals surface area contributed by atoms with Gasteiger partial charge in [-0.25, -0.2) is 22.2 Å². The monoisotopic (exact) mass is 633 g/mol. The number of hydrogen-bond acceptors (Lipinski definition) is 8. The van der Waals surface area contributed by atoms with Gasteiger partial charge in [0.05, 0.1) is 11.1 Å². The quantitative estimate of drug-likeness (QED) is 0.103. The summed E-state index contributed by atoms with van der Waals surface area (Å²) in [7, 11) is -3.08. The van der Waals surface area contributed by atoms with Crippen LogP contribution in [0.3, 0.4) is 0 Å². The number of nitrogens with zero attached hydrogens (tertiary/aromatic N) is 3. The molecule has 0 spiro atoms. The normalized spacial score (nSPS) is 11.3. The number of ether oxygens (including phenoxy) is 2. The van der Waals surface area contributed by atoms with E-state index in [-0.39, 0.29) is 48.3 Å². The van der Waals surface area contributed by atoms with Crippen molar-refractivity contribution in [1.82, 2.24) is 13.9 Å². The zero-order chi connectivity index (χ0) is 31.3. The highest BCUT2D eigenvalue weighted by atomic mass is 35.5. The van der Waals surface area contributed by atoms with Crippen molar-refractivity contribution in [2.75, 3.05) is 13.3 Å². The molecule has 0 unspecified atom stereocenters. The van der Waals surface area contributed by atoms with E-state index in [1.165, 1.54) is 23.8 Å². The van der Waals surface area contributed by atoms with Crippen molar-refractivity contribution in [3.8, 4) is 11.1 Å². The standard InChI is InChI=1S/C29H26ClF2N3O7S/c1-17(36)41-15-34-14-24(23-12-21(13-33-29(23)34)19-5-8-22(30)9-6-19)28(38)26-25(31)10-7-20(27(26)32)4-3-11-35(43(39)40)16-42-18(2)37/h5-10,12-14,43H,3-4,11,15-16H2,1-2H3. The molecule has 10 nitrogen and oxygen atoms in total. The Balaban J connectivity index is 1.69. The van der Waals surface area contributed by atoms with Gasteiger partial charge >= 0.3 is 11.9 Å². The van der Waals surface area contributed by atoms with Crippen LogP contribution in [0.4, 0.5) is 8.78 Å². The van der Waals surface area contributed by atoms with Gasteiger partial charge in [0.2, 0.25) is 16.7 Å². The SMILES string of the molecule is CC(=O)OCN(CCCc1ccc(F)c(C(=O)c2cn(COC(C)=O)c3ncc(-c4ccc(Cl)cc4)cc23)c1F)[SH](=O)=O. The topological polar surface area (TPSA) is 125 Å². The molecule has 0 aliphatic heterocycles. The van der Waals surface area contributed by atoms with E-state index in [1.807, 2.05) is 0 Å². The fourth-order valence-electron chi connectivity index (χ4n) is 4.35. The second-order valence-electron chi connectivity index (χ2n) is 9.44. The predicted molar refractivity (Wildman–Crippen MR) is 154 cm³/mol. The zero-order valence-electron chi connectivity index (χ0n) is 23.0. The summed E-state index contributed by atoms with van der Waals surface area (Å²) < 4.78 is 65.7.